The highest BCUT2D eigenvalue weighted by Crippen LogP contribution is 2.06. The molecule has 0 rings (SSSR count). The summed E-state index contributed by atoms with van der Waals surface area (Å²) in [4.78, 5) is 21.2. The van der Waals surface area contributed by atoms with E-state index in [-0.39, 0.29) is 6.42 Å². The van der Waals surface area contributed by atoms with Crippen molar-refractivity contribution in [2.24, 2.45) is 0 Å². The molecule has 0 spiro atoms. The van der Waals surface area contributed by atoms with Crippen LogP contribution in [0, 0.1) is 0 Å². The highest BCUT2D eigenvalue weighted by atomic mass is 16.4. The third kappa shape index (κ3) is 7.32. The van der Waals surface area contributed by atoms with Gasteiger partial charge in [0.1, 0.15) is 24.4 Å². The quantitative estimate of drug-likeness (QED) is 0.189. The van der Waals surface area contributed by atoms with Crippen LogP contribution in [0.5, 0.6) is 0 Å². The molecule has 21 heavy (non-hydrogen) atoms. The van der Waals surface area contributed by atoms with Gasteiger partial charge in [0, 0.05) is 13.0 Å². The Morgan fingerprint density at radius 3 is 1.90 bits per heavy atom. The predicted molar refractivity (Wildman–Crippen MR) is 67.4 cm³/mol. The van der Waals surface area contributed by atoms with E-state index < -0.39 is 62.0 Å². The summed E-state index contributed by atoms with van der Waals surface area (Å²) in [6.07, 6.45) is -7.52. The lowest BCUT2D eigenvalue weighted by Gasteiger charge is -2.26. The van der Waals surface area contributed by atoms with Gasteiger partial charge in [0.05, 0.1) is 12.7 Å². The number of aliphatic hydroxyl groups excluding tert-OH is 5. The molecule has 10 heteroatoms. The third-order valence-corrected chi connectivity index (χ3v) is 2.84. The first-order chi connectivity index (χ1) is 9.70. The van der Waals surface area contributed by atoms with Gasteiger partial charge < -0.3 is 41.1 Å². The van der Waals surface area contributed by atoms with Gasteiger partial charge in [-0.25, -0.2) is 0 Å². The number of hydrogen-bond acceptors (Lipinski definition) is 8. The van der Waals surface area contributed by atoms with Crippen molar-refractivity contribution in [2.45, 2.75) is 43.3 Å². The van der Waals surface area contributed by atoms with Crippen molar-refractivity contribution in [2.75, 3.05) is 13.2 Å². The van der Waals surface area contributed by atoms with E-state index in [0.717, 1.165) is 0 Å². The number of aliphatic hydroxyl groups is 5. The summed E-state index contributed by atoms with van der Waals surface area (Å²) in [5, 5.41) is 65.8. The molecule has 0 aliphatic carbocycles. The fraction of sp³-hybridized carbons (Fsp3) is 0.818. The molecular weight excluding hydrogens is 290 g/mol. The zero-order valence-electron chi connectivity index (χ0n) is 11.2. The molecule has 0 aromatic heterocycles. The molecule has 0 amide bonds. The molecule has 124 valence electrons. The Balaban J connectivity index is 4.38. The third-order valence-electron chi connectivity index (χ3n) is 2.84. The Morgan fingerprint density at radius 1 is 0.952 bits per heavy atom. The van der Waals surface area contributed by atoms with Crippen LogP contribution < -0.4 is 5.32 Å². The molecule has 8 N–H and O–H groups in total. The molecule has 0 aromatic rings. The molecule has 10 nitrogen and oxygen atoms in total. The standard InChI is InChI=1S/C11H21NO9/c13-4-7(15)10(19)9(18)6(14)3-12-5(11(20)21)1-2-8(16)17/h5-7,9-10,12-15,18-19H,1-4H2,(H,16,17)(H,20,21). The van der Waals surface area contributed by atoms with Gasteiger partial charge in [-0.1, -0.05) is 0 Å². The van der Waals surface area contributed by atoms with E-state index >= 15 is 0 Å². The summed E-state index contributed by atoms with van der Waals surface area (Å²) >= 11 is 0. The number of hydrogen-bond donors (Lipinski definition) is 8. The Labute approximate surface area is 120 Å². The van der Waals surface area contributed by atoms with Crippen molar-refractivity contribution >= 4 is 11.9 Å². The van der Waals surface area contributed by atoms with Crippen LogP contribution in [-0.2, 0) is 9.59 Å². The van der Waals surface area contributed by atoms with Crippen molar-refractivity contribution in [1.82, 2.24) is 5.32 Å². The average molecular weight is 311 g/mol. The predicted octanol–water partition coefficient (Wildman–Crippen LogP) is -3.67. The first kappa shape index (κ1) is 19.7. The molecule has 5 unspecified atom stereocenters. The van der Waals surface area contributed by atoms with Crippen LogP contribution in [-0.4, -0.2) is 91.3 Å². The number of carbonyl (C=O) groups is 2. The minimum Gasteiger partial charge on any atom is -0.481 e. The highest BCUT2D eigenvalue weighted by molar-refractivity contribution is 5.75. The summed E-state index contributed by atoms with van der Waals surface area (Å²) < 4.78 is 0. The molecule has 0 heterocycles. The van der Waals surface area contributed by atoms with Crippen molar-refractivity contribution in [3.63, 3.8) is 0 Å². The van der Waals surface area contributed by atoms with Gasteiger partial charge in [0.2, 0.25) is 0 Å². The van der Waals surface area contributed by atoms with Gasteiger partial charge >= 0.3 is 11.9 Å². The molecule has 0 saturated heterocycles. The van der Waals surface area contributed by atoms with Crippen molar-refractivity contribution in [1.29, 1.82) is 0 Å². The minimum atomic E-state index is -1.81. The summed E-state index contributed by atoms with van der Waals surface area (Å²) in [6.45, 7) is -1.28. The molecule has 5 atom stereocenters. The Kier molecular flexibility index (Phi) is 9.01. The molecule has 0 saturated carbocycles. The van der Waals surface area contributed by atoms with E-state index in [1.165, 1.54) is 0 Å². The Bertz CT molecular complexity index is 338. The zero-order chi connectivity index (χ0) is 16.6. The van der Waals surface area contributed by atoms with Gasteiger partial charge in [-0.15, -0.1) is 0 Å². The monoisotopic (exact) mass is 311 g/mol. The lowest BCUT2D eigenvalue weighted by atomic mass is 10.0. The number of aliphatic carboxylic acids is 2. The second kappa shape index (κ2) is 9.60. The normalized spacial score (nSPS) is 18.5. The molecule has 0 aliphatic rings. The molecule has 0 fully saturated rings. The van der Waals surface area contributed by atoms with Gasteiger partial charge in [-0.2, -0.15) is 0 Å². The fourth-order valence-corrected chi connectivity index (χ4v) is 1.53. The largest absolute Gasteiger partial charge is 0.481 e. The maximum atomic E-state index is 10.9. The SMILES string of the molecule is O=C(O)CCC(NCC(O)C(O)C(O)C(O)CO)C(=O)O. The second-order valence-corrected chi connectivity index (χ2v) is 4.53. The van der Waals surface area contributed by atoms with Crippen LogP contribution in [0.4, 0.5) is 0 Å². The molecule has 0 bridgehead atoms. The summed E-state index contributed by atoms with van der Waals surface area (Å²) in [5.74, 6) is -2.50. The van der Waals surface area contributed by atoms with E-state index in [4.69, 9.17) is 20.4 Å². The second-order valence-electron chi connectivity index (χ2n) is 4.53. The number of rotatable bonds is 11. The smallest absolute Gasteiger partial charge is 0.320 e. The zero-order valence-corrected chi connectivity index (χ0v) is 11.2. The summed E-state index contributed by atoms with van der Waals surface area (Å²) in [5.41, 5.74) is 0. The topological polar surface area (TPSA) is 188 Å². The number of carboxylic acid groups (broad SMARTS) is 2. The van der Waals surface area contributed by atoms with Gasteiger partial charge in [0.15, 0.2) is 0 Å². The van der Waals surface area contributed by atoms with Crippen LogP contribution in [0.3, 0.4) is 0 Å². The maximum absolute atomic E-state index is 10.9. The number of carboxylic acids is 2. The molecular formula is C11H21NO9. The first-order valence-electron chi connectivity index (χ1n) is 6.21. The van der Waals surface area contributed by atoms with Gasteiger partial charge in [-0.3, -0.25) is 9.59 Å². The average Bonchev–Trinajstić information content (AvgIpc) is 2.43. The van der Waals surface area contributed by atoms with E-state index in [9.17, 15) is 24.9 Å². The van der Waals surface area contributed by atoms with Crippen molar-refractivity contribution in [3.05, 3.63) is 0 Å². The van der Waals surface area contributed by atoms with E-state index in [1.807, 2.05) is 0 Å². The van der Waals surface area contributed by atoms with Crippen molar-refractivity contribution in [3.8, 4) is 0 Å². The molecule has 0 aromatic carbocycles. The van der Waals surface area contributed by atoms with Crippen LogP contribution in [0.25, 0.3) is 0 Å². The van der Waals surface area contributed by atoms with E-state index in [2.05, 4.69) is 5.32 Å². The Hall–Kier alpha value is -1.30. The summed E-state index contributed by atoms with van der Waals surface area (Å²) in [7, 11) is 0. The first-order valence-corrected chi connectivity index (χ1v) is 6.21. The minimum absolute atomic E-state index is 0.227. The van der Waals surface area contributed by atoms with Crippen molar-refractivity contribution < 1.29 is 45.3 Å². The van der Waals surface area contributed by atoms with Crippen LogP contribution in [0.2, 0.25) is 0 Å². The van der Waals surface area contributed by atoms with Gasteiger partial charge in [0.25, 0.3) is 0 Å². The lowest BCUT2D eigenvalue weighted by Crippen LogP contribution is -2.51. The maximum Gasteiger partial charge on any atom is 0.320 e. The fourth-order valence-electron chi connectivity index (χ4n) is 1.53. The van der Waals surface area contributed by atoms with Crippen LogP contribution >= 0.6 is 0 Å². The molecule has 0 aliphatic heterocycles. The highest BCUT2D eigenvalue weighted by Gasteiger charge is 2.30. The van der Waals surface area contributed by atoms with Gasteiger partial charge in [-0.05, 0) is 6.42 Å². The Morgan fingerprint density at radius 2 is 1.48 bits per heavy atom. The van der Waals surface area contributed by atoms with E-state index in [0.29, 0.717) is 0 Å². The van der Waals surface area contributed by atoms with E-state index in [1.54, 1.807) is 0 Å². The van der Waals surface area contributed by atoms with Crippen LogP contribution in [0.1, 0.15) is 12.8 Å². The summed E-state index contributed by atoms with van der Waals surface area (Å²) in [6, 6.07) is -1.25. The molecule has 0 radical (unpaired) electrons. The van der Waals surface area contributed by atoms with Crippen LogP contribution in [0.15, 0.2) is 0 Å². The number of nitrogens with one attached hydrogen (secondary N) is 1. The lowest BCUT2D eigenvalue weighted by molar-refractivity contribution is -0.141.